The maximum absolute atomic E-state index is 13.3. The van der Waals surface area contributed by atoms with Gasteiger partial charge in [0.1, 0.15) is 5.82 Å². The molecule has 2 nitrogen and oxygen atoms in total. The Morgan fingerprint density at radius 2 is 2.19 bits per heavy atom. The van der Waals surface area contributed by atoms with Gasteiger partial charge in [-0.05, 0) is 24.5 Å². The Morgan fingerprint density at radius 1 is 1.44 bits per heavy atom. The highest BCUT2D eigenvalue weighted by Gasteiger charge is 2.28. The van der Waals surface area contributed by atoms with E-state index < -0.39 is 0 Å². The number of benzene rings is 1. The average molecular weight is 286 g/mol. The fourth-order valence-electron chi connectivity index (χ4n) is 1.88. The van der Waals surface area contributed by atoms with E-state index in [-0.39, 0.29) is 16.6 Å². The van der Waals surface area contributed by atoms with Crippen LogP contribution < -0.4 is 0 Å². The molecule has 1 heterocycles. The Kier molecular flexibility index (Phi) is 3.59. The van der Waals surface area contributed by atoms with E-state index in [2.05, 4.69) is 15.9 Å². The first kappa shape index (κ1) is 11.6. The van der Waals surface area contributed by atoms with Gasteiger partial charge in [-0.1, -0.05) is 34.1 Å². The summed E-state index contributed by atoms with van der Waals surface area (Å²) in [7, 11) is 0. The molecule has 4 heteroatoms. The van der Waals surface area contributed by atoms with Gasteiger partial charge < -0.3 is 4.90 Å². The smallest absolute Gasteiger partial charge is 0.236 e. The molecule has 86 valence electrons. The third-order valence-corrected chi connectivity index (χ3v) is 3.69. The van der Waals surface area contributed by atoms with Gasteiger partial charge in [-0.15, -0.1) is 0 Å². The topological polar surface area (TPSA) is 20.3 Å². The van der Waals surface area contributed by atoms with E-state index in [1.54, 1.807) is 17.0 Å². The van der Waals surface area contributed by atoms with Crippen molar-refractivity contribution in [2.45, 2.75) is 17.7 Å². The van der Waals surface area contributed by atoms with Crippen molar-refractivity contribution in [2.75, 3.05) is 13.1 Å². The molecule has 1 aromatic carbocycles. The fraction of sp³-hybridized carbons (Fsp3) is 0.417. The summed E-state index contributed by atoms with van der Waals surface area (Å²) in [4.78, 5) is 13.3. The van der Waals surface area contributed by atoms with Crippen molar-refractivity contribution in [3.63, 3.8) is 0 Å². The lowest BCUT2D eigenvalue weighted by Crippen LogP contribution is -2.29. The highest BCUT2D eigenvalue weighted by molar-refractivity contribution is 9.10. The highest BCUT2D eigenvalue weighted by Crippen LogP contribution is 2.19. The Labute approximate surface area is 103 Å². The lowest BCUT2D eigenvalue weighted by Gasteiger charge is -2.15. The molecule has 1 atom stereocenters. The molecular weight excluding hydrogens is 273 g/mol. The number of rotatable bonds is 3. The van der Waals surface area contributed by atoms with Gasteiger partial charge in [0, 0.05) is 13.1 Å². The zero-order valence-corrected chi connectivity index (χ0v) is 10.4. The number of hydrogen-bond acceptors (Lipinski definition) is 1. The zero-order valence-electron chi connectivity index (χ0n) is 8.83. The molecule has 16 heavy (non-hydrogen) atoms. The van der Waals surface area contributed by atoms with Gasteiger partial charge >= 0.3 is 0 Å². The average Bonchev–Trinajstić information content (AvgIpc) is 2.59. The van der Waals surface area contributed by atoms with Gasteiger partial charge in [0.05, 0.1) is 4.83 Å². The molecule has 1 unspecified atom stereocenters. The second-order valence-corrected chi connectivity index (χ2v) is 5.03. The van der Waals surface area contributed by atoms with Crippen molar-refractivity contribution in [3.05, 3.63) is 35.6 Å². The summed E-state index contributed by atoms with van der Waals surface area (Å²) in [6.07, 6.45) is 1.42. The molecule has 2 rings (SSSR count). The van der Waals surface area contributed by atoms with Crippen LogP contribution in [0.2, 0.25) is 0 Å². The first-order valence-corrected chi connectivity index (χ1v) is 6.26. The molecule has 1 aliphatic rings. The summed E-state index contributed by atoms with van der Waals surface area (Å²) >= 11 is 3.32. The SMILES string of the molecule is O=C1C(Br)CCN1CCc1ccccc1F. The van der Waals surface area contributed by atoms with Crippen LogP contribution in [-0.4, -0.2) is 28.7 Å². The van der Waals surface area contributed by atoms with Crippen LogP contribution in [0.15, 0.2) is 24.3 Å². The number of alkyl halides is 1. The molecule has 1 aliphatic heterocycles. The summed E-state index contributed by atoms with van der Waals surface area (Å²) in [5.41, 5.74) is 0.674. The highest BCUT2D eigenvalue weighted by atomic mass is 79.9. The van der Waals surface area contributed by atoms with E-state index >= 15 is 0 Å². The molecule has 0 saturated carbocycles. The van der Waals surface area contributed by atoms with Gasteiger partial charge in [-0.2, -0.15) is 0 Å². The van der Waals surface area contributed by atoms with E-state index in [9.17, 15) is 9.18 Å². The largest absolute Gasteiger partial charge is 0.341 e. The third kappa shape index (κ3) is 2.43. The first-order chi connectivity index (χ1) is 7.68. The third-order valence-electron chi connectivity index (χ3n) is 2.84. The zero-order chi connectivity index (χ0) is 11.5. The molecule has 0 N–H and O–H groups in total. The number of amides is 1. The monoisotopic (exact) mass is 285 g/mol. The number of nitrogens with zero attached hydrogens (tertiary/aromatic N) is 1. The van der Waals surface area contributed by atoms with Crippen molar-refractivity contribution in [2.24, 2.45) is 0 Å². The fourth-order valence-corrected chi connectivity index (χ4v) is 2.37. The molecule has 0 spiro atoms. The lowest BCUT2D eigenvalue weighted by molar-refractivity contribution is -0.127. The van der Waals surface area contributed by atoms with Crippen LogP contribution in [0.4, 0.5) is 4.39 Å². The van der Waals surface area contributed by atoms with E-state index in [0.29, 0.717) is 18.5 Å². The molecule has 0 radical (unpaired) electrons. The van der Waals surface area contributed by atoms with Gasteiger partial charge in [0.2, 0.25) is 5.91 Å². The summed E-state index contributed by atoms with van der Waals surface area (Å²) in [6.45, 7) is 1.37. The predicted octanol–water partition coefficient (Wildman–Crippen LogP) is 2.36. The molecule has 0 bridgehead atoms. The summed E-state index contributed by atoms with van der Waals surface area (Å²) in [6, 6.07) is 6.71. The minimum Gasteiger partial charge on any atom is -0.341 e. The molecule has 1 saturated heterocycles. The molecular formula is C12H13BrFNO. The first-order valence-electron chi connectivity index (χ1n) is 5.35. The van der Waals surface area contributed by atoms with E-state index in [1.807, 2.05) is 6.07 Å². The second kappa shape index (κ2) is 4.95. The van der Waals surface area contributed by atoms with Crippen molar-refractivity contribution < 1.29 is 9.18 Å². The van der Waals surface area contributed by atoms with Gasteiger partial charge in [0.25, 0.3) is 0 Å². The molecule has 1 aromatic rings. The quantitative estimate of drug-likeness (QED) is 0.781. The van der Waals surface area contributed by atoms with Crippen molar-refractivity contribution in [1.29, 1.82) is 0 Å². The van der Waals surface area contributed by atoms with Gasteiger partial charge in [0.15, 0.2) is 0 Å². The Hall–Kier alpha value is -0.900. The maximum atomic E-state index is 13.3. The molecule has 1 fully saturated rings. The van der Waals surface area contributed by atoms with Crippen LogP contribution >= 0.6 is 15.9 Å². The van der Waals surface area contributed by atoms with Crippen LogP contribution in [0.5, 0.6) is 0 Å². The van der Waals surface area contributed by atoms with Crippen LogP contribution in [0, 0.1) is 5.82 Å². The standard InChI is InChI=1S/C12H13BrFNO/c13-10-6-8-15(12(10)16)7-5-9-3-1-2-4-11(9)14/h1-4,10H,5-8H2. The maximum Gasteiger partial charge on any atom is 0.236 e. The van der Waals surface area contributed by atoms with Gasteiger partial charge in [-0.25, -0.2) is 4.39 Å². The normalized spacial score (nSPS) is 20.5. The summed E-state index contributed by atoms with van der Waals surface area (Å²) in [5.74, 6) is -0.0686. The van der Waals surface area contributed by atoms with E-state index in [0.717, 1.165) is 13.0 Å². The van der Waals surface area contributed by atoms with Crippen molar-refractivity contribution >= 4 is 21.8 Å². The van der Waals surface area contributed by atoms with Crippen LogP contribution in [0.3, 0.4) is 0 Å². The molecule has 0 aliphatic carbocycles. The van der Waals surface area contributed by atoms with Crippen LogP contribution in [0.1, 0.15) is 12.0 Å². The van der Waals surface area contributed by atoms with Crippen molar-refractivity contribution in [3.8, 4) is 0 Å². The Bertz CT molecular complexity index is 396. The van der Waals surface area contributed by atoms with Gasteiger partial charge in [-0.3, -0.25) is 4.79 Å². The number of halogens is 2. The number of likely N-dealkylation sites (tertiary alicyclic amines) is 1. The number of carbonyl (C=O) groups excluding carboxylic acids is 1. The van der Waals surface area contributed by atoms with E-state index in [1.165, 1.54) is 6.07 Å². The number of hydrogen-bond donors (Lipinski definition) is 0. The summed E-state index contributed by atoms with van der Waals surface area (Å²) in [5, 5.41) is 0. The lowest BCUT2D eigenvalue weighted by atomic mass is 10.1. The van der Waals surface area contributed by atoms with Crippen LogP contribution in [-0.2, 0) is 11.2 Å². The molecule has 0 aromatic heterocycles. The van der Waals surface area contributed by atoms with Crippen LogP contribution in [0.25, 0.3) is 0 Å². The minimum atomic E-state index is -0.190. The predicted molar refractivity (Wildman–Crippen MR) is 64.0 cm³/mol. The Balaban J connectivity index is 1.93. The van der Waals surface area contributed by atoms with Crippen molar-refractivity contribution in [1.82, 2.24) is 4.90 Å². The summed E-state index contributed by atoms with van der Waals surface area (Å²) < 4.78 is 13.3. The Morgan fingerprint density at radius 3 is 2.81 bits per heavy atom. The molecule has 1 amide bonds. The second-order valence-electron chi connectivity index (χ2n) is 3.92. The number of carbonyl (C=O) groups is 1. The minimum absolute atomic E-state index is 0.0480. The van der Waals surface area contributed by atoms with E-state index in [4.69, 9.17) is 0 Å².